The number of halogens is 1. The highest BCUT2D eigenvalue weighted by atomic mass is 79.9. The van der Waals surface area contributed by atoms with Crippen molar-refractivity contribution in [2.45, 2.75) is 16.7 Å². The zero-order valence-corrected chi connectivity index (χ0v) is 16.6. The summed E-state index contributed by atoms with van der Waals surface area (Å²) in [5.41, 5.74) is 2.30. The summed E-state index contributed by atoms with van der Waals surface area (Å²) in [5.74, 6) is 1.74. The molecule has 132 valence electrons. The number of carbonyl (C=O) groups excluding carboxylic acids is 1. The molecule has 0 N–H and O–H groups in total. The van der Waals surface area contributed by atoms with Gasteiger partial charge in [0.1, 0.15) is 11.5 Å². The molecular weight excluding hydrogens is 402 g/mol. The molecule has 0 saturated carbocycles. The third-order valence-electron chi connectivity index (χ3n) is 4.24. The average Bonchev–Trinajstić information content (AvgIpc) is 2.86. The number of carbonyl (C=O) groups is 1. The van der Waals surface area contributed by atoms with Crippen LogP contribution < -0.4 is 9.47 Å². The van der Waals surface area contributed by atoms with Crippen LogP contribution in [-0.4, -0.2) is 36.9 Å². The number of benzene rings is 2. The van der Waals surface area contributed by atoms with Gasteiger partial charge in [0.15, 0.2) is 0 Å². The van der Waals surface area contributed by atoms with Crippen molar-refractivity contribution < 1.29 is 14.3 Å². The maximum Gasteiger partial charge on any atom is 0.233 e. The van der Waals surface area contributed by atoms with Gasteiger partial charge < -0.3 is 14.4 Å². The number of nitrogens with zero attached hydrogens (tertiary/aromatic N) is 1. The van der Waals surface area contributed by atoms with Crippen LogP contribution in [0.25, 0.3) is 0 Å². The summed E-state index contributed by atoms with van der Waals surface area (Å²) in [4.78, 5) is 15.5. The molecule has 0 aromatic heterocycles. The minimum atomic E-state index is 0.0924. The molecule has 1 atom stereocenters. The van der Waals surface area contributed by atoms with Crippen molar-refractivity contribution in [2.75, 3.05) is 26.1 Å². The molecule has 1 aliphatic rings. The fourth-order valence-electron chi connectivity index (χ4n) is 2.85. The predicted octanol–water partition coefficient (Wildman–Crippen LogP) is 4.27. The molecule has 1 unspecified atom stereocenters. The second kappa shape index (κ2) is 8.15. The van der Waals surface area contributed by atoms with Crippen LogP contribution in [-0.2, 0) is 11.3 Å². The molecule has 1 heterocycles. The Morgan fingerprint density at radius 3 is 2.48 bits per heavy atom. The maximum absolute atomic E-state index is 12.4. The van der Waals surface area contributed by atoms with E-state index in [1.54, 1.807) is 26.0 Å². The van der Waals surface area contributed by atoms with Gasteiger partial charge in [0.25, 0.3) is 0 Å². The van der Waals surface area contributed by atoms with E-state index >= 15 is 0 Å². The van der Waals surface area contributed by atoms with Crippen LogP contribution in [0.4, 0.5) is 0 Å². The number of amides is 1. The molecule has 0 bridgehead atoms. The molecule has 2 aromatic carbocycles. The molecule has 0 aliphatic carbocycles. The van der Waals surface area contributed by atoms with E-state index in [0.29, 0.717) is 18.4 Å². The predicted molar refractivity (Wildman–Crippen MR) is 104 cm³/mol. The first-order chi connectivity index (χ1) is 12.1. The van der Waals surface area contributed by atoms with Gasteiger partial charge in [-0.1, -0.05) is 28.1 Å². The van der Waals surface area contributed by atoms with Crippen LogP contribution in [0, 0.1) is 0 Å². The van der Waals surface area contributed by atoms with E-state index in [4.69, 9.17) is 9.47 Å². The summed E-state index contributed by atoms with van der Waals surface area (Å²) < 4.78 is 10.6. The first kappa shape index (κ1) is 18.1. The van der Waals surface area contributed by atoms with E-state index in [-0.39, 0.29) is 11.2 Å². The maximum atomic E-state index is 12.4. The zero-order chi connectivity index (χ0) is 17.8. The van der Waals surface area contributed by atoms with Crippen LogP contribution in [0.2, 0.25) is 0 Å². The van der Waals surface area contributed by atoms with Gasteiger partial charge in [0, 0.05) is 18.0 Å². The second-order valence-corrected chi connectivity index (χ2v) is 7.57. The van der Waals surface area contributed by atoms with Crippen molar-refractivity contribution in [1.29, 1.82) is 0 Å². The Morgan fingerprint density at radius 2 is 1.84 bits per heavy atom. The standard InChI is InChI=1S/C19H20BrNO3S/c1-23-15-5-3-13(4-6-15)18-12-21(19(22)10-20)11-14-9-16(24-2)7-8-17(14)25-18/h3-9,18H,10-12H2,1-2H3. The van der Waals surface area contributed by atoms with Gasteiger partial charge in [-0.25, -0.2) is 0 Å². The Hall–Kier alpha value is -1.66. The van der Waals surface area contributed by atoms with Gasteiger partial charge in [-0.05, 0) is 41.5 Å². The van der Waals surface area contributed by atoms with Crippen molar-refractivity contribution >= 4 is 33.6 Å². The van der Waals surface area contributed by atoms with Crippen molar-refractivity contribution in [2.24, 2.45) is 0 Å². The van der Waals surface area contributed by atoms with E-state index in [9.17, 15) is 4.79 Å². The number of hydrogen-bond acceptors (Lipinski definition) is 4. The van der Waals surface area contributed by atoms with Crippen LogP contribution >= 0.6 is 27.7 Å². The average molecular weight is 422 g/mol. The Bertz CT molecular complexity index is 751. The second-order valence-electron chi connectivity index (χ2n) is 5.76. The fraction of sp³-hybridized carbons (Fsp3) is 0.316. The monoisotopic (exact) mass is 421 g/mol. The third kappa shape index (κ3) is 4.12. The molecule has 0 fully saturated rings. The number of hydrogen-bond donors (Lipinski definition) is 0. The van der Waals surface area contributed by atoms with Crippen molar-refractivity contribution in [1.82, 2.24) is 4.90 Å². The summed E-state index contributed by atoms with van der Waals surface area (Å²) in [6, 6.07) is 14.1. The Kier molecular flexibility index (Phi) is 5.91. The van der Waals surface area contributed by atoms with Gasteiger partial charge in [-0.2, -0.15) is 0 Å². The van der Waals surface area contributed by atoms with Gasteiger partial charge in [0.05, 0.1) is 24.8 Å². The van der Waals surface area contributed by atoms with Crippen molar-refractivity contribution in [3.63, 3.8) is 0 Å². The van der Waals surface area contributed by atoms with Crippen molar-refractivity contribution in [3.8, 4) is 11.5 Å². The van der Waals surface area contributed by atoms with Crippen LogP contribution in [0.15, 0.2) is 47.4 Å². The van der Waals surface area contributed by atoms with E-state index in [2.05, 4.69) is 34.1 Å². The number of alkyl halides is 1. The lowest BCUT2D eigenvalue weighted by Gasteiger charge is -2.24. The molecule has 25 heavy (non-hydrogen) atoms. The lowest BCUT2D eigenvalue weighted by Crippen LogP contribution is -2.33. The molecule has 0 saturated heterocycles. The summed E-state index contributed by atoms with van der Waals surface area (Å²) in [6.07, 6.45) is 0. The number of ether oxygens (including phenoxy) is 2. The van der Waals surface area contributed by atoms with Crippen LogP contribution in [0.3, 0.4) is 0 Å². The van der Waals surface area contributed by atoms with Gasteiger partial charge in [-0.15, -0.1) is 11.8 Å². The molecule has 6 heteroatoms. The lowest BCUT2D eigenvalue weighted by molar-refractivity contribution is -0.128. The lowest BCUT2D eigenvalue weighted by atomic mass is 10.1. The summed E-state index contributed by atoms with van der Waals surface area (Å²) in [6.45, 7) is 1.26. The summed E-state index contributed by atoms with van der Waals surface area (Å²) in [7, 11) is 3.32. The molecule has 4 nitrogen and oxygen atoms in total. The molecular formula is C19H20BrNO3S. The number of methoxy groups -OCH3 is 2. The topological polar surface area (TPSA) is 38.8 Å². The van der Waals surface area contributed by atoms with E-state index < -0.39 is 0 Å². The highest BCUT2D eigenvalue weighted by Crippen LogP contribution is 2.42. The SMILES string of the molecule is COc1ccc(C2CN(C(=O)CBr)Cc3cc(OC)ccc3S2)cc1. The Labute approximate surface area is 160 Å². The number of fused-ring (bicyclic) bond motifs is 1. The first-order valence-corrected chi connectivity index (χ1v) is 9.96. The Morgan fingerprint density at radius 1 is 1.16 bits per heavy atom. The largest absolute Gasteiger partial charge is 0.497 e. The van der Waals surface area contributed by atoms with E-state index in [0.717, 1.165) is 17.1 Å². The third-order valence-corrected chi connectivity index (χ3v) is 6.08. The highest BCUT2D eigenvalue weighted by Gasteiger charge is 2.26. The normalized spacial score (nSPS) is 16.8. The Balaban J connectivity index is 1.96. The minimum Gasteiger partial charge on any atom is -0.497 e. The molecule has 0 radical (unpaired) electrons. The van der Waals surface area contributed by atoms with Crippen molar-refractivity contribution in [3.05, 3.63) is 53.6 Å². The molecule has 3 rings (SSSR count). The van der Waals surface area contributed by atoms with E-state index in [1.807, 2.05) is 29.2 Å². The smallest absolute Gasteiger partial charge is 0.233 e. The van der Waals surface area contributed by atoms with Gasteiger partial charge >= 0.3 is 0 Å². The zero-order valence-electron chi connectivity index (χ0n) is 14.2. The van der Waals surface area contributed by atoms with E-state index in [1.165, 1.54) is 10.5 Å². The molecule has 1 amide bonds. The fourth-order valence-corrected chi connectivity index (χ4v) is 4.48. The van der Waals surface area contributed by atoms with Crippen LogP contribution in [0.5, 0.6) is 11.5 Å². The first-order valence-electron chi connectivity index (χ1n) is 7.96. The number of rotatable bonds is 4. The van der Waals surface area contributed by atoms with Gasteiger partial charge in [0.2, 0.25) is 5.91 Å². The molecule has 1 aliphatic heterocycles. The van der Waals surface area contributed by atoms with Gasteiger partial charge in [-0.3, -0.25) is 4.79 Å². The molecule has 0 spiro atoms. The minimum absolute atomic E-state index is 0.0924. The highest BCUT2D eigenvalue weighted by molar-refractivity contribution is 9.09. The van der Waals surface area contributed by atoms with Crippen LogP contribution in [0.1, 0.15) is 16.4 Å². The quantitative estimate of drug-likeness (QED) is 0.690. The molecule has 2 aromatic rings. The summed E-state index contributed by atoms with van der Waals surface area (Å²) >= 11 is 5.09. The summed E-state index contributed by atoms with van der Waals surface area (Å²) in [5, 5.41) is 0.496. The number of thioether (sulfide) groups is 1.